The van der Waals surface area contributed by atoms with Crippen LogP contribution in [0.15, 0.2) is 18.2 Å². The number of aromatic nitrogens is 2. The van der Waals surface area contributed by atoms with Gasteiger partial charge in [0.15, 0.2) is 0 Å². The number of alkyl carbamates (subject to hydrolysis) is 1. The van der Waals surface area contributed by atoms with Gasteiger partial charge in [-0.2, -0.15) is 0 Å². The average Bonchev–Trinajstić information content (AvgIpc) is 2.88. The minimum atomic E-state index is -0.479. The van der Waals surface area contributed by atoms with Gasteiger partial charge in [0.1, 0.15) is 5.60 Å². The van der Waals surface area contributed by atoms with Gasteiger partial charge in [-0.05, 0) is 59.1 Å². The molecular weight excluding hydrogens is 328 g/mol. The third-order valence-electron chi connectivity index (χ3n) is 4.05. The Morgan fingerprint density at radius 3 is 2.81 bits per heavy atom. The molecule has 0 spiro atoms. The summed E-state index contributed by atoms with van der Waals surface area (Å²) in [5, 5.41) is 2.78. The number of imidazole rings is 1. The van der Waals surface area contributed by atoms with Crippen LogP contribution in [0.4, 0.5) is 10.7 Å². The fourth-order valence-corrected chi connectivity index (χ4v) is 2.93. The van der Waals surface area contributed by atoms with Gasteiger partial charge in [-0.15, -0.1) is 6.42 Å². The second-order valence-corrected chi connectivity index (χ2v) is 7.43. The van der Waals surface area contributed by atoms with Gasteiger partial charge in [0.05, 0.1) is 16.6 Å². The maximum Gasteiger partial charge on any atom is 0.407 e. The second kappa shape index (κ2) is 8.13. The molecule has 0 bridgehead atoms. The molecule has 1 aromatic heterocycles. The van der Waals surface area contributed by atoms with Crippen LogP contribution in [-0.2, 0) is 4.74 Å². The summed E-state index contributed by atoms with van der Waals surface area (Å²) in [5.74, 6) is 3.18. The second-order valence-electron chi connectivity index (χ2n) is 7.43. The zero-order chi connectivity index (χ0) is 19.3. The number of nitrogens with zero attached hydrogens (tertiary/aromatic N) is 2. The van der Waals surface area contributed by atoms with Crippen molar-refractivity contribution in [2.24, 2.45) is 0 Å². The summed E-state index contributed by atoms with van der Waals surface area (Å²) in [7, 11) is 0. The van der Waals surface area contributed by atoms with Crippen molar-refractivity contribution in [3.8, 4) is 12.3 Å². The molecule has 0 radical (unpaired) electrons. The number of rotatable bonds is 6. The molecule has 1 amide bonds. The molecule has 6 heteroatoms. The molecule has 0 saturated heterocycles. The molecule has 1 aromatic carbocycles. The minimum Gasteiger partial charge on any atom is -0.444 e. The first-order chi connectivity index (χ1) is 12.2. The van der Waals surface area contributed by atoms with Crippen LogP contribution < -0.4 is 11.1 Å². The molecule has 0 saturated carbocycles. The number of unbranched alkanes of at least 4 members (excludes halogenated alkanes) is 1. The van der Waals surface area contributed by atoms with E-state index in [2.05, 4.69) is 23.1 Å². The number of hydrogen-bond acceptors (Lipinski definition) is 4. The number of anilines is 1. The van der Waals surface area contributed by atoms with Crippen LogP contribution in [0.5, 0.6) is 0 Å². The van der Waals surface area contributed by atoms with E-state index in [4.69, 9.17) is 16.9 Å². The smallest absolute Gasteiger partial charge is 0.407 e. The van der Waals surface area contributed by atoms with Crippen molar-refractivity contribution in [2.45, 2.75) is 58.6 Å². The summed E-state index contributed by atoms with van der Waals surface area (Å²) in [6.45, 7) is 8.22. The fraction of sp³-hybridized carbons (Fsp3) is 0.500. The Morgan fingerprint density at radius 2 is 2.15 bits per heavy atom. The first kappa shape index (κ1) is 19.6. The lowest BCUT2D eigenvalue weighted by atomic mass is 10.1. The van der Waals surface area contributed by atoms with Crippen LogP contribution in [0, 0.1) is 12.3 Å². The van der Waals surface area contributed by atoms with Crippen LogP contribution in [0.3, 0.4) is 0 Å². The summed E-state index contributed by atoms with van der Waals surface area (Å²) in [6.07, 6.45) is 7.95. The van der Waals surface area contributed by atoms with E-state index in [0.29, 0.717) is 12.5 Å². The molecule has 0 unspecified atom stereocenters. The molecule has 0 fully saturated rings. The SMILES string of the molecule is C#Cc1cccc2nc(N)n([C@@H](C)CCCCNC(=O)OC(C)(C)C)c12. The molecule has 1 heterocycles. The highest BCUT2D eigenvalue weighted by molar-refractivity contribution is 5.84. The zero-order valence-electron chi connectivity index (χ0n) is 16.0. The van der Waals surface area contributed by atoms with E-state index in [1.165, 1.54) is 0 Å². The monoisotopic (exact) mass is 356 g/mol. The number of nitrogens with one attached hydrogen (secondary N) is 1. The van der Waals surface area contributed by atoms with Crippen molar-refractivity contribution >= 4 is 23.1 Å². The van der Waals surface area contributed by atoms with Crippen molar-refractivity contribution < 1.29 is 9.53 Å². The molecule has 0 aliphatic carbocycles. The van der Waals surface area contributed by atoms with Crippen molar-refractivity contribution in [2.75, 3.05) is 12.3 Å². The third kappa shape index (κ3) is 4.92. The topological polar surface area (TPSA) is 82.2 Å². The maximum absolute atomic E-state index is 11.6. The predicted octanol–water partition coefficient (Wildman–Crippen LogP) is 3.86. The van der Waals surface area contributed by atoms with E-state index in [9.17, 15) is 4.79 Å². The van der Waals surface area contributed by atoms with Gasteiger partial charge < -0.3 is 20.4 Å². The lowest BCUT2D eigenvalue weighted by Gasteiger charge is -2.20. The first-order valence-corrected chi connectivity index (χ1v) is 8.93. The van der Waals surface area contributed by atoms with Gasteiger partial charge in [-0.3, -0.25) is 0 Å². The van der Waals surface area contributed by atoms with Crippen molar-refractivity contribution in [1.82, 2.24) is 14.9 Å². The van der Waals surface area contributed by atoms with Gasteiger partial charge in [0, 0.05) is 12.6 Å². The largest absolute Gasteiger partial charge is 0.444 e. The molecule has 26 heavy (non-hydrogen) atoms. The van der Waals surface area contributed by atoms with E-state index in [1.807, 2.05) is 43.5 Å². The van der Waals surface area contributed by atoms with Crippen molar-refractivity contribution in [1.29, 1.82) is 0 Å². The molecule has 6 nitrogen and oxygen atoms in total. The summed E-state index contributed by atoms with van der Waals surface area (Å²) in [4.78, 5) is 16.0. The lowest BCUT2D eigenvalue weighted by molar-refractivity contribution is 0.0527. The molecule has 0 aliphatic rings. The number of nitrogens with two attached hydrogens (primary N) is 1. The van der Waals surface area contributed by atoms with Crippen LogP contribution in [0.25, 0.3) is 11.0 Å². The molecular formula is C20H28N4O2. The molecule has 0 aliphatic heterocycles. The van der Waals surface area contributed by atoms with Gasteiger partial charge >= 0.3 is 6.09 Å². The molecule has 3 N–H and O–H groups in total. The number of ether oxygens (including phenoxy) is 1. The van der Waals surface area contributed by atoms with Gasteiger partial charge in [-0.1, -0.05) is 12.0 Å². The number of carbonyl (C=O) groups is 1. The number of terminal acetylenes is 1. The Bertz CT molecular complexity index is 812. The first-order valence-electron chi connectivity index (χ1n) is 8.93. The van der Waals surface area contributed by atoms with Crippen LogP contribution in [0.1, 0.15) is 58.6 Å². The van der Waals surface area contributed by atoms with Gasteiger partial charge in [-0.25, -0.2) is 9.78 Å². The van der Waals surface area contributed by atoms with Crippen LogP contribution in [-0.4, -0.2) is 27.8 Å². The quantitative estimate of drug-likeness (QED) is 0.608. The summed E-state index contributed by atoms with van der Waals surface area (Å²) in [5.41, 5.74) is 8.16. The number of nitrogen functional groups attached to an aromatic ring is 1. The van der Waals surface area contributed by atoms with E-state index in [1.54, 1.807) is 0 Å². The van der Waals surface area contributed by atoms with Crippen LogP contribution >= 0.6 is 0 Å². The number of fused-ring (bicyclic) bond motifs is 1. The summed E-state index contributed by atoms with van der Waals surface area (Å²) < 4.78 is 7.22. The molecule has 2 rings (SSSR count). The Labute approximate surface area is 155 Å². The summed E-state index contributed by atoms with van der Waals surface area (Å²) >= 11 is 0. The van der Waals surface area contributed by atoms with E-state index in [0.717, 1.165) is 35.9 Å². The number of para-hydroxylation sites is 1. The number of hydrogen-bond donors (Lipinski definition) is 2. The number of carbonyl (C=O) groups excluding carboxylic acids is 1. The Balaban J connectivity index is 1.90. The number of benzene rings is 1. The zero-order valence-corrected chi connectivity index (χ0v) is 16.0. The normalized spacial score (nSPS) is 12.6. The standard InChI is InChI=1S/C20H28N4O2/c1-6-15-11-9-12-16-17(15)24(18(21)23-16)14(2)10-7-8-13-22-19(25)26-20(3,4)5/h1,9,11-12,14H,7-8,10,13H2,2-5H3,(H2,21,23)(H,22,25)/t14-/m0/s1. The van der Waals surface area contributed by atoms with E-state index < -0.39 is 5.60 Å². The minimum absolute atomic E-state index is 0.163. The Hall–Kier alpha value is -2.68. The average molecular weight is 356 g/mol. The fourth-order valence-electron chi connectivity index (χ4n) is 2.93. The maximum atomic E-state index is 11.6. The highest BCUT2D eigenvalue weighted by atomic mass is 16.6. The van der Waals surface area contributed by atoms with Gasteiger partial charge in [0.25, 0.3) is 0 Å². The lowest BCUT2D eigenvalue weighted by Crippen LogP contribution is -2.33. The van der Waals surface area contributed by atoms with Crippen molar-refractivity contribution in [3.05, 3.63) is 23.8 Å². The Morgan fingerprint density at radius 1 is 1.42 bits per heavy atom. The van der Waals surface area contributed by atoms with Gasteiger partial charge in [0.2, 0.25) is 5.95 Å². The van der Waals surface area contributed by atoms with Crippen LogP contribution in [0.2, 0.25) is 0 Å². The highest BCUT2D eigenvalue weighted by Crippen LogP contribution is 2.27. The molecule has 140 valence electrons. The Kier molecular flexibility index (Phi) is 6.14. The molecule has 1 atom stereocenters. The van der Waals surface area contributed by atoms with Crippen molar-refractivity contribution in [3.63, 3.8) is 0 Å². The third-order valence-corrected chi connectivity index (χ3v) is 4.05. The highest BCUT2D eigenvalue weighted by Gasteiger charge is 2.17. The predicted molar refractivity (Wildman–Crippen MR) is 105 cm³/mol. The summed E-state index contributed by atoms with van der Waals surface area (Å²) in [6, 6.07) is 5.87. The van der Waals surface area contributed by atoms with E-state index >= 15 is 0 Å². The van der Waals surface area contributed by atoms with E-state index in [-0.39, 0.29) is 12.1 Å². The number of amides is 1. The molecule has 2 aromatic rings.